The van der Waals surface area contributed by atoms with Gasteiger partial charge < -0.3 is 10.6 Å². The van der Waals surface area contributed by atoms with Gasteiger partial charge in [-0.3, -0.25) is 0 Å². The molecule has 0 heterocycles. The van der Waals surface area contributed by atoms with Gasteiger partial charge in [0.1, 0.15) is 0 Å². The summed E-state index contributed by atoms with van der Waals surface area (Å²) in [5.74, 6) is 0.822. The molecule has 0 bridgehead atoms. The summed E-state index contributed by atoms with van der Waals surface area (Å²) in [6.07, 6.45) is 5.28. The first-order valence-electron chi connectivity index (χ1n) is 8.11. The SMILES string of the molecule is CCN(CC1(CN)CCCC(C)C1)c1ccccc1C. The van der Waals surface area contributed by atoms with Crippen LogP contribution in [-0.4, -0.2) is 19.6 Å². The van der Waals surface area contributed by atoms with Crippen molar-refractivity contribution < 1.29 is 0 Å². The number of anilines is 1. The molecule has 1 aliphatic carbocycles. The molecule has 2 N–H and O–H groups in total. The molecule has 2 atom stereocenters. The summed E-state index contributed by atoms with van der Waals surface area (Å²) in [6.45, 7) is 9.82. The average molecular weight is 274 g/mol. The molecule has 0 aromatic heterocycles. The van der Waals surface area contributed by atoms with E-state index in [2.05, 4.69) is 49.9 Å². The average Bonchev–Trinajstić information content (AvgIpc) is 2.46. The predicted molar refractivity (Wildman–Crippen MR) is 88.2 cm³/mol. The fourth-order valence-electron chi connectivity index (χ4n) is 3.85. The highest BCUT2D eigenvalue weighted by atomic mass is 15.1. The fourth-order valence-corrected chi connectivity index (χ4v) is 3.85. The van der Waals surface area contributed by atoms with E-state index in [1.165, 1.54) is 36.9 Å². The Morgan fingerprint density at radius 1 is 1.35 bits per heavy atom. The predicted octanol–water partition coefficient (Wildman–Crippen LogP) is 3.98. The standard InChI is InChI=1S/C18H30N2/c1-4-20(17-10-6-5-9-16(17)3)14-18(13-19)11-7-8-15(2)12-18/h5-6,9-10,15H,4,7-8,11-14,19H2,1-3H3. The minimum absolute atomic E-state index is 0.315. The summed E-state index contributed by atoms with van der Waals surface area (Å²) in [5, 5.41) is 0. The molecule has 1 saturated carbocycles. The van der Waals surface area contributed by atoms with E-state index in [9.17, 15) is 0 Å². The Morgan fingerprint density at radius 2 is 2.10 bits per heavy atom. The van der Waals surface area contributed by atoms with E-state index in [-0.39, 0.29) is 0 Å². The van der Waals surface area contributed by atoms with E-state index >= 15 is 0 Å². The first-order valence-corrected chi connectivity index (χ1v) is 8.11. The minimum atomic E-state index is 0.315. The summed E-state index contributed by atoms with van der Waals surface area (Å²) in [5.41, 5.74) is 9.25. The molecule has 2 unspecified atom stereocenters. The Bertz CT molecular complexity index is 429. The molecular weight excluding hydrogens is 244 g/mol. The topological polar surface area (TPSA) is 29.3 Å². The zero-order valence-corrected chi connectivity index (χ0v) is 13.4. The molecule has 0 radical (unpaired) electrons. The van der Waals surface area contributed by atoms with Gasteiger partial charge in [0.05, 0.1) is 0 Å². The van der Waals surface area contributed by atoms with E-state index in [4.69, 9.17) is 5.73 Å². The molecule has 1 fully saturated rings. The summed E-state index contributed by atoms with van der Waals surface area (Å²) in [4.78, 5) is 2.53. The first-order chi connectivity index (χ1) is 9.60. The van der Waals surface area contributed by atoms with Crippen molar-refractivity contribution >= 4 is 5.69 Å². The lowest BCUT2D eigenvalue weighted by molar-refractivity contribution is 0.160. The second-order valence-corrected chi connectivity index (χ2v) is 6.71. The summed E-state index contributed by atoms with van der Waals surface area (Å²) in [6, 6.07) is 8.71. The quantitative estimate of drug-likeness (QED) is 0.880. The molecule has 112 valence electrons. The van der Waals surface area contributed by atoms with Crippen LogP contribution in [0, 0.1) is 18.3 Å². The molecule has 20 heavy (non-hydrogen) atoms. The van der Waals surface area contributed by atoms with Crippen LogP contribution in [0.4, 0.5) is 5.69 Å². The third-order valence-corrected chi connectivity index (χ3v) is 4.98. The van der Waals surface area contributed by atoms with E-state index in [1.54, 1.807) is 0 Å². The van der Waals surface area contributed by atoms with Crippen LogP contribution < -0.4 is 10.6 Å². The Labute approximate surface area is 124 Å². The summed E-state index contributed by atoms with van der Waals surface area (Å²) < 4.78 is 0. The van der Waals surface area contributed by atoms with Gasteiger partial charge in [-0.25, -0.2) is 0 Å². The highest BCUT2D eigenvalue weighted by Crippen LogP contribution is 2.40. The van der Waals surface area contributed by atoms with Crippen molar-refractivity contribution in [3.05, 3.63) is 29.8 Å². The third kappa shape index (κ3) is 3.35. The van der Waals surface area contributed by atoms with Crippen molar-refractivity contribution in [3.8, 4) is 0 Å². The third-order valence-electron chi connectivity index (χ3n) is 4.98. The molecule has 1 aliphatic rings. The lowest BCUT2D eigenvalue weighted by atomic mass is 9.69. The van der Waals surface area contributed by atoms with Crippen molar-refractivity contribution in [1.82, 2.24) is 0 Å². The second-order valence-electron chi connectivity index (χ2n) is 6.71. The molecule has 0 spiro atoms. The van der Waals surface area contributed by atoms with Crippen LogP contribution in [0.3, 0.4) is 0 Å². The van der Waals surface area contributed by atoms with Crippen LogP contribution in [0.2, 0.25) is 0 Å². The highest BCUT2D eigenvalue weighted by molar-refractivity contribution is 5.53. The van der Waals surface area contributed by atoms with Crippen LogP contribution in [-0.2, 0) is 0 Å². The maximum atomic E-state index is 6.19. The lowest BCUT2D eigenvalue weighted by Gasteiger charge is -2.43. The molecule has 0 amide bonds. The molecule has 2 rings (SSSR count). The number of hydrogen-bond acceptors (Lipinski definition) is 2. The highest BCUT2D eigenvalue weighted by Gasteiger charge is 2.35. The molecular formula is C18H30N2. The molecule has 2 heteroatoms. The largest absolute Gasteiger partial charge is 0.371 e. The number of aryl methyl sites for hydroxylation is 1. The second kappa shape index (κ2) is 6.62. The maximum absolute atomic E-state index is 6.19. The van der Waals surface area contributed by atoms with E-state index in [0.717, 1.165) is 25.6 Å². The monoisotopic (exact) mass is 274 g/mol. The first kappa shape index (κ1) is 15.4. The normalized spacial score (nSPS) is 26.5. The summed E-state index contributed by atoms with van der Waals surface area (Å²) in [7, 11) is 0. The van der Waals surface area contributed by atoms with Gasteiger partial charge >= 0.3 is 0 Å². The van der Waals surface area contributed by atoms with Crippen molar-refractivity contribution in [2.45, 2.75) is 46.5 Å². The minimum Gasteiger partial charge on any atom is -0.371 e. The van der Waals surface area contributed by atoms with Crippen molar-refractivity contribution in [2.24, 2.45) is 17.1 Å². The molecule has 1 aromatic carbocycles. The van der Waals surface area contributed by atoms with Crippen molar-refractivity contribution in [2.75, 3.05) is 24.5 Å². The zero-order valence-electron chi connectivity index (χ0n) is 13.4. The van der Waals surface area contributed by atoms with Gasteiger partial charge in [0.2, 0.25) is 0 Å². The van der Waals surface area contributed by atoms with E-state index < -0.39 is 0 Å². The van der Waals surface area contributed by atoms with Gasteiger partial charge in [-0.05, 0) is 50.8 Å². The number of nitrogens with two attached hydrogens (primary N) is 1. The van der Waals surface area contributed by atoms with Gasteiger partial charge in [0, 0.05) is 24.2 Å². The van der Waals surface area contributed by atoms with Gasteiger partial charge in [0.15, 0.2) is 0 Å². The van der Waals surface area contributed by atoms with Crippen LogP contribution in [0.25, 0.3) is 0 Å². The van der Waals surface area contributed by atoms with Gasteiger partial charge in [-0.15, -0.1) is 0 Å². The van der Waals surface area contributed by atoms with Gasteiger partial charge in [0.25, 0.3) is 0 Å². The Balaban J connectivity index is 2.18. The Morgan fingerprint density at radius 3 is 2.70 bits per heavy atom. The molecule has 0 saturated heterocycles. The van der Waals surface area contributed by atoms with E-state index in [1.807, 2.05) is 0 Å². The van der Waals surface area contributed by atoms with Crippen molar-refractivity contribution in [3.63, 3.8) is 0 Å². The molecule has 1 aromatic rings. The molecule has 2 nitrogen and oxygen atoms in total. The number of rotatable bonds is 5. The number of hydrogen-bond donors (Lipinski definition) is 1. The molecule has 0 aliphatic heterocycles. The van der Waals surface area contributed by atoms with Gasteiger partial charge in [-0.1, -0.05) is 38.0 Å². The van der Waals surface area contributed by atoms with Crippen LogP contribution in [0.15, 0.2) is 24.3 Å². The van der Waals surface area contributed by atoms with Crippen molar-refractivity contribution in [1.29, 1.82) is 0 Å². The van der Waals surface area contributed by atoms with Gasteiger partial charge in [-0.2, -0.15) is 0 Å². The number of nitrogens with zero attached hydrogens (tertiary/aromatic N) is 1. The fraction of sp³-hybridized carbons (Fsp3) is 0.667. The number of benzene rings is 1. The Hall–Kier alpha value is -1.02. The summed E-state index contributed by atoms with van der Waals surface area (Å²) >= 11 is 0. The maximum Gasteiger partial charge on any atom is 0.0396 e. The Kier molecular flexibility index (Phi) is 5.09. The van der Waals surface area contributed by atoms with Crippen LogP contribution >= 0.6 is 0 Å². The smallest absolute Gasteiger partial charge is 0.0396 e. The van der Waals surface area contributed by atoms with E-state index in [0.29, 0.717) is 5.41 Å². The lowest BCUT2D eigenvalue weighted by Crippen LogP contribution is -2.45. The van der Waals surface area contributed by atoms with Crippen LogP contribution in [0.5, 0.6) is 0 Å². The number of para-hydroxylation sites is 1. The van der Waals surface area contributed by atoms with Crippen LogP contribution in [0.1, 0.15) is 45.1 Å². The zero-order chi connectivity index (χ0) is 14.6.